The van der Waals surface area contributed by atoms with Gasteiger partial charge in [-0.25, -0.2) is 14.3 Å². The first-order valence-electron chi connectivity index (χ1n) is 5.03. The molecule has 3 amide bonds. The predicted octanol–water partition coefficient (Wildman–Crippen LogP) is -1.69. The first-order valence-corrected chi connectivity index (χ1v) is 5.03. The highest BCUT2D eigenvalue weighted by atomic mass is 16.5. The maximum absolute atomic E-state index is 11.4. The van der Waals surface area contributed by atoms with Gasteiger partial charge in [0.25, 0.3) is 5.82 Å². The van der Waals surface area contributed by atoms with Crippen LogP contribution in [0.15, 0.2) is 0 Å². The minimum absolute atomic E-state index is 0.163. The molecule has 0 saturated carbocycles. The molecule has 0 aromatic carbocycles. The highest BCUT2D eigenvalue weighted by Gasteiger charge is 2.19. The molecule has 10 nitrogen and oxygen atoms in total. The fourth-order valence-electron chi connectivity index (χ4n) is 1.02. The van der Waals surface area contributed by atoms with Gasteiger partial charge in [-0.1, -0.05) is 0 Å². The van der Waals surface area contributed by atoms with E-state index in [2.05, 4.69) is 20.8 Å². The Labute approximate surface area is 102 Å². The van der Waals surface area contributed by atoms with Crippen molar-refractivity contribution < 1.29 is 19.1 Å². The Morgan fingerprint density at radius 1 is 1.39 bits per heavy atom. The number of tetrazole rings is 1. The molecule has 0 aliphatic carbocycles. The van der Waals surface area contributed by atoms with Gasteiger partial charge >= 0.3 is 12.0 Å². The number of ether oxygens (including phenoxy) is 1. The van der Waals surface area contributed by atoms with Crippen molar-refractivity contribution in [2.45, 2.75) is 13.5 Å². The van der Waals surface area contributed by atoms with Crippen LogP contribution in [0.25, 0.3) is 0 Å². The lowest BCUT2D eigenvalue weighted by atomic mass is 10.5. The molecule has 1 aromatic rings. The van der Waals surface area contributed by atoms with Gasteiger partial charge in [-0.15, -0.1) is 5.10 Å². The van der Waals surface area contributed by atoms with E-state index in [1.165, 1.54) is 7.05 Å². The van der Waals surface area contributed by atoms with Crippen LogP contribution in [0.2, 0.25) is 0 Å². The number of hydrogen-bond donors (Lipinski definition) is 2. The second-order valence-corrected chi connectivity index (χ2v) is 3.01. The number of rotatable bonds is 4. The van der Waals surface area contributed by atoms with Crippen LogP contribution in [0, 0.1) is 0 Å². The smallest absolute Gasteiger partial charge is 0.378 e. The number of carbonyl (C=O) groups excluding carboxylic acids is 3. The molecule has 0 atom stereocenters. The fourth-order valence-corrected chi connectivity index (χ4v) is 1.02. The normalized spacial score (nSPS) is 9.67. The lowest BCUT2D eigenvalue weighted by molar-refractivity contribution is -0.120. The molecular formula is C8H12N6O4. The number of amides is 3. The van der Waals surface area contributed by atoms with E-state index in [1.807, 2.05) is 5.32 Å². The molecule has 1 heterocycles. The number of imide groups is 1. The monoisotopic (exact) mass is 256 g/mol. The second kappa shape index (κ2) is 6.27. The van der Waals surface area contributed by atoms with E-state index in [9.17, 15) is 14.4 Å². The average Bonchev–Trinajstić information content (AvgIpc) is 2.77. The molecule has 0 unspecified atom stereocenters. The van der Waals surface area contributed by atoms with Crippen LogP contribution < -0.4 is 10.6 Å². The summed E-state index contributed by atoms with van der Waals surface area (Å²) < 4.78 is 5.64. The van der Waals surface area contributed by atoms with Gasteiger partial charge < -0.3 is 10.1 Å². The van der Waals surface area contributed by atoms with Gasteiger partial charge in [0.15, 0.2) is 0 Å². The van der Waals surface area contributed by atoms with Gasteiger partial charge in [0, 0.05) is 7.05 Å². The van der Waals surface area contributed by atoms with Crippen molar-refractivity contribution in [2.75, 3.05) is 13.7 Å². The SMILES string of the molecule is CCOC(=O)c1nnnn1CC(=O)NC(=O)NC. The number of nitrogens with one attached hydrogen (secondary N) is 2. The summed E-state index contributed by atoms with van der Waals surface area (Å²) in [6.45, 7) is 1.43. The molecule has 98 valence electrons. The average molecular weight is 256 g/mol. The summed E-state index contributed by atoms with van der Waals surface area (Å²) in [5.41, 5.74) is 0. The molecule has 0 saturated heterocycles. The minimum atomic E-state index is -0.741. The van der Waals surface area contributed by atoms with Crippen molar-refractivity contribution in [3.63, 3.8) is 0 Å². The van der Waals surface area contributed by atoms with Crippen LogP contribution >= 0.6 is 0 Å². The van der Waals surface area contributed by atoms with Gasteiger partial charge in [-0.05, 0) is 17.4 Å². The fraction of sp³-hybridized carbons (Fsp3) is 0.500. The molecule has 18 heavy (non-hydrogen) atoms. The summed E-state index contributed by atoms with van der Waals surface area (Å²) in [5, 5.41) is 14.4. The van der Waals surface area contributed by atoms with Crippen LogP contribution in [0.4, 0.5) is 4.79 Å². The number of urea groups is 1. The Kier molecular flexibility index (Phi) is 4.72. The maximum Gasteiger partial charge on any atom is 0.378 e. The Balaban J connectivity index is 2.68. The number of carbonyl (C=O) groups is 3. The molecule has 1 rings (SSSR count). The molecule has 0 aliphatic rings. The van der Waals surface area contributed by atoms with Gasteiger partial charge in [-0.3, -0.25) is 10.1 Å². The van der Waals surface area contributed by atoms with Crippen molar-refractivity contribution in [2.24, 2.45) is 0 Å². The quantitative estimate of drug-likeness (QED) is 0.614. The van der Waals surface area contributed by atoms with E-state index in [1.54, 1.807) is 6.92 Å². The Morgan fingerprint density at radius 2 is 2.11 bits per heavy atom. The van der Waals surface area contributed by atoms with Gasteiger partial charge in [-0.2, -0.15) is 0 Å². The molecule has 0 spiro atoms. The van der Waals surface area contributed by atoms with Crippen molar-refractivity contribution in [1.29, 1.82) is 0 Å². The lowest BCUT2D eigenvalue weighted by Crippen LogP contribution is -2.39. The Hall–Kier alpha value is -2.52. The lowest BCUT2D eigenvalue weighted by Gasteiger charge is -2.04. The molecule has 10 heteroatoms. The molecule has 0 aliphatic heterocycles. The minimum Gasteiger partial charge on any atom is -0.460 e. The molecule has 0 radical (unpaired) electrons. The number of esters is 1. The highest BCUT2D eigenvalue weighted by Crippen LogP contribution is 1.95. The Morgan fingerprint density at radius 3 is 2.72 bits per heavy atom. The van der Waals surface area contributed by atoms with Gasteiger partial charge in [0.05, 0.1) is 6.61 Å². The third-order valence-electron chi connectivity index (χ3n) is 1.76. The molecule has 0 bridgehead atoms. The molecular weight excluding hydrogens is 244 g/mol. The van der Waals surface area contributed by atoms with Crippen LogP contribution in [-0.2, 0) is 16.1 Å². The largest absolute Gasteiger partial charge is 0.460 e. The zero-order valence-corrected chi connectivity index (χ0v) is 9.84. The van der Waals surface area contributed by atoms with E-state index >= 15 is 0 Å². The topological polar surface area (TPSA) is 128 Å². The standard InChI is InChI=1S/C8H12N6O4/c1-3-18-7(16)6-11-12-13-14(6)4-5(15)10-8(17)9-2/h3-4H2,1-2H3,(H2,9,10,15,17). The van der Waals surface area contributed by atoms with E-state index < -0.39 is 17.9 Å². The van der Waals surface area contributed by atoms with E-state index in [0.29, 0.717) is 0 Å². The van der Waals surface area contributed by atoms with E-state index in [-0.39, 0.29) is 19.0 Å². The predicted molar refractivity (Wildman–Crippen MR) is 56.4 cm³/mol. The Bertz CT molecular complexity index is 456. The van der Waals surface area contributed by atoms with Crippen LogP contribution in [0.1, 0.15) is 17.5 Å². The zero-order chi connectivity index (χ0) is 13.5. The van der Waals surface area contributed by atoms with Crippen molar-refractivity contribution in [3.8, 4) is 0 Å². The molecule has 1 aromatic heterocycles. The van der Waals surface area contributed by atoms with Crippen molar-refractivity contribution in [1.82, 2.24) is 30.8 Å². The third kappa shape index (κ3) is 3.50. The summed E-state index contributed by atoms with van der Waals surface area (Å²) in [4.78, 5) is 33.6. The summed E-state index contributed by atoms with van der Waals surface area (Å²) in [6.07, 6.45) is 0. The first-order chi connectivity index (χ1) is 8.58. The second-order valence-electron chi connectivity index (χ2n) is 3.01. The van der Waals surface area contributed by atoms with Gasteiger partial charge in [0.2, 0.25) is 5.91 Å². The third-order valence-corrected chi connectivity index (χ3v) is 1.76. The number of aromatic nitrogens is 4. The number of nitrogens with zero attached hydrogens (tertiary/aromatic N) is 4. The highest BCUT2D eigenvalue weighted by molar-refractivity contribution is 5.94. The van der Waals surface area contributed by atoms with Crippen LogP contribution in [0.5, 0.6) is 0 Å². The maximum atomic E-state index is 11.4. The summed E-state index contributed by atoms with van der Waals surface area (Å²) >= 11 is 0. The van der Waals surface area contributed by atoms with E-state index in [4.69, 9.17) is 4.74 Å². The van der Waals surface area contributed by atoms with Crippen molar-refractivity contribution >= 4 is 17.9 Å². The first kappa shape index (κ1) is 13.5. The summed E-state index contributed by atoms with van der Waals surface area (Å²) in [6, 6.07) is -0.661. The number of hydrogen-bond acceptors (Lipinski definition) is 7. The van der Waals surface area contributed by atoms with Crippen LogP contribution in [0.3, 0.4) is 0 Å². The van der Waals surface area contributed by atoms with Crippen molar-refractivity contribution in [3.05, 3.63) is 5.82 Å². The molecule has 0 fully saturated rings. The summed E-state index contributed by atoms with van der Waals surface area (Å²) in [7, 11) is 1.36. The molecule has 2 N–H and O–H groups in total. The van der Waals surface area contributed by atoms with Gasteiger partial charge in [0.1, 0.15) is 6.54 Å². The summed E-state index contributed by atoms with van der Waals surface area (Å²) in [5.74, 6) is -1.61. The van der Waals surface area contributed by atoms with Crippen LogP contribution in [-0.4, -0.2) is 51.8 Å². The van der Waals surface area contributed by atoms with E-state index in [0.717, 1.165) is 4.68 Å². The zero-order valence-electron chi connectivity index (χ0n) is 9.84.